The van der Waals surface area contributed by atoms with Crippen molar-refractivity contribution in [3.8, 4) is 0 Å². The molecule has 1 aliphatic rings. The van der Waals surface area contributed by atoms with Gasteiger partial charge in [-0.1, -0.05) is 19.9 Å². The van der Waals surface area contributed by atoms with Gasteiger partial charge in [-0.15, -0.1) is 0 Å². The number of rotatable bonds is 2. The zero-order chi connectivity index (χ0) is 9.84. The summed E-state index contributed by atoms with van der Waals surface area (Å²) >= 11 is 0. The van der Waals surface area contributed by atoms with E-state index in [1.54, 1.807) is 5.70 Å². The van der Waals surface area contributed by atoms with Crippen molar-refractivity contribution in [2.24, 2.45) is 5.92 Å². The fourth-order valence-electron chi connectivity index (χ4n) is 2.05. The Hall–Kier alpha value is -0.460. The minimum absolute atomic E-state index is 0.659. The van der Waals surface area contributed by atoms with Crippen molar-refractivity contribution in [2.75, 3.05) is 6.54 Å². The molecule has 0 saturated heterocycles. The van der Waals surface area contributed by atoms with Crippen molar-refractivity contribution in [3.05, 3.63) is 11.8 Å². The van der Waals surface area contributed by atoms with Crippen molar-refractivity contribution >= 4 is 0 Å². The topological polar surface area (TPSA) is 3.24 Å². The van der Waals surface area contributed by atoms with Crippen LogP contribution >= 0.6 is 0 Å². The summed E-state index contributed by atoms with van der Waals surface area (Å²) in [6.45, 7) is 10.4. The minimum atomic E-state index is 0.659. The summed E-state index contributed by atoms with van der Waals surface area (Å²) in [6.07, 6.45) is 6.43. The highest BCUT2D eigenvalue weighted by molar-refractivity contribution is 5.06. The van der Waals surface area contributed by atoms with E-state index in [2.05, 4.69) is 38.7 Å². The summed E-state index contributed by atoms with van der Waals surface area (Å²) in [5.74, 6) is 0.681. The van der Waals surface area contributed by atoms with Crippen LogP contribution in [0.15, 0.2) is 11.8 Å². The molecule has 1 heteroatoms. The van der Waals surface area contributed by atoms with Gasteiger partial charge in [-0.25, -0.2) is 0 Å². The summed E-state index contributed by atoms with van der Waals surface area (Å²) in [7, 11) is 0. The number of allylic oxidation sites excluding steroid dienone is 2. The Balaban J connectivity index is 2.75. The minimum Gasteiger partial charge on any atom is -0.372 e. The molecule has 1 heterocycles. The van der Waals surface area contributed by atoms with Gasteiger partial charge in [-0.2, -0.15) is 0 Å². The SMILES string of the molecule is CC(C)C1=CCCCCN1C(C)C. The zero-order valence-electron chi connectivity index (χ0n) is 9.51. The molecule has 0 fully saturated rings. The Labute approximate surface area is 82.8 Å². The van der Waals surface area contributed by atoms with Crippen molar-refractivity contribution < 1.29 is 0 Å². The Morgan fingerprint density at radius 2 is 1.85 bits per heavy atom. The lowest BCUT2D eigenvalue weighted by Crippen LogP contribution is -2.32. The summed E-state index contributed by atoms with van der Waals surface area (Å²) in [6, 6.07) is 0.659. The molecule has 0 aromatic rings. The van der Waals surface area contributed by atoms with Crippen LogP contribution in [0.2, 0.25) is 0 Å². The van der Waals surface area contributed by atoms with Crippen LogP contribution in [0.5, 0.6) is 0 Å². The van der Waals surface area contributed by atoms with Crippen LogP contribution in [-0.2, 0) is 0 Å². The first-order valence-electron chi connectivity index (χ1n) is 5.59. The normalized spacial score (nSPS) is 19.2. The molecule has 1 aliphatic heterocycles. The Bertz CT molecular complexity index is 180. The molecule has 1 rings (SSSR count). The first kappa shape index (κ1) is 10.6. The average molecular weight is 181 g/mol. The summed E-state index contributed by atoms with van der Waals surface area (Å²) in [5, 5.41) is 0. The maximum atomic E-state index is 2.57. The van der Waals surface area contributed by atoms with E-state index in [4.69, 9.17) is 0 Å². The second-order valence-electron chi connectivity index (χ2n) is 4.57. The van der Waals surface area contributed by atoms with E-state index in [-0.39, 0.29) is 0 Å². The maximum Gasteiger partial charge on any atom is 0.0230 e. The first-order chi connectivity index (χ1) is 6.13. The van der Waals surface area contributed by atoms with Gasteiger partial charge in [0.2, 0.25) is 0 Å². The number of hydrogen-bond acceptors (Lipinski definition) is 1. The van der Waals surface area contributed by atoms with Crippen molar-refractivity contribution in [1.82, 2.24) is 4.90 Å². The average Bonchev–Trinajstić information content (AvgIpc) is 2.27. The lowest BCUT2D eigenvalue weighted by atomic mass is 10.1. The first-order valence-corrected chi connectivity index (χ1v) is 5.59. The molecule has 0 N–H and O–H groups in total. The molecule has 0 amide bonds. The van der Waals surface area contributed by atoms with E-state index < -0.39 is 0 Å². The predicted molar refractivity (Wildman–Crippen MR) is 58.6 cm³/mol. The Morgan fingerprint density at radius 1 is 1.15 bits per heavy atom. The van der Waals surface area contributed by atoms with Gasteiger partial charge in [0.15, 0.2) is 0 Å². The molecular formula is C12H23N. The monoisotopic (exact) mass is 181 g/mol. The van der Waals surface area contributed by atoms with Gasteiger partial charge in [0.1, 0.15) is 0 Å². The van der Waals surface area contributed by atoms with Crippen LogP contribution in [-0.4, -0.2) is 17.5 Å². The number of hydrogen-bond donors (Lipinski definition) is 0. The molecule has 0 bridgehead atoms. The molecule has 1 nitrogen and oxygen atoms in total. The fraction of sp³-hybridized carbons (Fsp3) is 0.833. The van der Waals surface area contributed by atoms with Gasteiger partial charge in [0, 0.05) is 18.3 Å². The standard InChI is InChI=1S/C12H23N/c1-10(2)12-8-6-5-7-9-13(12)11(3)4/h8,10-11H,5-7,9H2,1-4H3. The van der Waals surface area contributed by atoms with E-state index in [1.807, 2.05) is 0 Å². The van der Waals surface area contributed by atoms with Crippen molar-refractivity contribution in [2.45, 2.75) is 53.0 Å². The van der Waals surface area contributed by atoms with Crippen LogP contribution in [0.25, 0.3) is 0 Å². The molecule has 0 radical (unpaired) electrons. The molecule has 0 atom stereocenters. The third-order valence-electron chi connectivity index (χ3n) is 2.75. The van der Waals surface area contributed by atoms with E-state index in [9.17, 15) is 0 Å². The molecule has 0 aliphatic carbocycles. The predicted octanol–water partition coefficient (Wildman–Crippen LogP) is 3.42. The van der Waals surface area contributed by atoms with Crippen LogP contribution in [0.4, 0.5) is 0 Å². The molecule has 0 aromatic carbocycles. The zero-order valence-corrected chi connectivity index (χ0v) is 9.51. The second kappa shape index (κ2) is 4.69. The lowest BCUT2D eigenvalue weighted by molar-refractivity contribution is 0.260. The quantitative estimate of drug-likeness (QED) is 0.631. The van der Waals surface area contributed by atoms with Gasteiger partial charge in [-0.3, -0.25) is 0 Å². The lowest BCUT2D eigenvalue weighted by Gasteiger charge is -2.32. The Kier molecular flexibility index (Phi) is 3.83. The van der Waals surface area contributed by atoms with Gasteiger partial charge in [0.05, 0.1) is 0 Å². The van der Waals surface area contributed by atoms with Crippen molar-refractivity contribution in [1.29, 1.82) is 0 Å². The van der Waals surface area contributed by atoms with E-state index in [0.717, 1.165) is 0 Å². The molecule has 0 saturated carbocycles. The number of nitrogens with zero attached hydrogens (tertiary/aromatic N) is 1. The molecule has 0 aromatic heterocycles. The van der Waals surface area contributed by atoms with E-state index >= 15 is 0 Å². The molecule has 76 valence electrons. The van der Waals surface area contributed by atoms with E-state index in [1.165, 1.54) is 25.8 Å². The van der Waals surface area contributed by atoms with Crippen LogP contribution in [0.1, 0.15) is 47.0 Å². The van der Waals surface area contributed by atoms with Gasteiger partial charge < -0.3 is 4.90 Å². The van der Waals surface area contributed by atoms with Crippen LogP contribution in [0, 0.1) is 5.92 Å². The van der Waals surface area contributed by atoms with Gasteiger partial charge in [-0.05, 0) is 39.0 Å². The highest BCUT2D eigenvalue weighted by atomic mass is 15.2. The summed E-state index contributed by atoms with van der Waals surface area (Å²) < 4.78 is 0. The van der Waals surface area contributed by atoms with Crippen LogP contribution < -0.4 is 0 Å². The second-order valence-corrected chi connectivity index (χ2v) is 4.57. The summed E-state index contributed by atoms with van der Waals surface area (Å²) in [5.41, 5.74) is 1.56. The highest BCUT2D eigenvalue weighted by Gasteiger charge is 2.17. The van der Waals surface area contributed by atoms with E-state index in [0.29, 0.717) is 12.0 Å². The molecule has 13 heavy (non-hydrogen) atoms. The fourth-order valence-corrected chi connectivity index (χ4v) is 2.05. The molecule has 0 spiro atoms. The maximum absolute atomic E-state index is 2.57. The van der Waals surface area contributed by atoms with Crippen molar-refractivity contribution in [3.63, 3.8) is 0 Å². The largest absolute Gasteiger partial charge is 0.372 e. The van der Waals surface area contributed by atoms with Gasteiger partial charge in [0.25, 0.3) is 0 Å². The summed E-state index contributed by atoms with van der Waals surface area (Å²) in [4.78, 5) is 2.57. The smallest absolute Gasteiger partial charge is 0.0230 e. The van der Waals surface area contributed by atoms with Gasteiger partial charge >= 0.3 is 0 Å². The molecular weight excluding hydrogens is 158 g/mol. The third-order valence-corrected chi connectivity index (χ3v) is 2.75. The third kappa shape index (κ3) is 2.75. The highest BCUT2D eigenvalue weighted by Crippen LogP contribution is 2.23. The molecule has 0 unspecified atom stereocenters. The van der Waals surface area contributed by atoms with Crippen LogP contribution in [0.3, 0.4) is 0 Å². The Morgan fingerprint density at radius 3 is 2.38 bits per heavy atom.